The average Bonchev–Trinajstić information content (AvgIpc) is 2.90. The fourth-order valence-corrected chi connectivity index (χ4v) is 3.06. The summed E-state index contributed by atoms with van der Waals surface area (Å²) in [5.41, 5.74) is 7.27. The molecule has 1 aliphatic rings. The molecule has 2 N–H and O–H groups in total. The summed E-state index contributed by atoms with van der Waals surface area (Å²) in [4.78, 5) is 12.5. The van der Waals surface area contributed by atoms with Crippen molar-refractivity contribution in [1.29, 1.82) is 0 Å². The van der Waals surface area contributed by atoms with Crippen molar-refractivity contribution in [3.8, 4) is 0 Å². The van der Waals surface area contributed by atoms with Crippen LogP contribution in [0.25, 0.3) is 11.2 Å². The van der Waals surface area contributed by atoms with E-state index in [2.05, 4.69) is 21.9 Å². The molecule has 0 amide bonds. The molecule has 6 nitrogen and oxygen atoms in total. The van der Waals surface area contributed by atoms with Gasteiger partial charge in [0, 0.05) is 13.2 Å². The van der Waals surface area contributed by atoms with Gasteiger partial charge in [-0.05, 0) is 25.2 Å². The lowest BCUT2D eigenvalue weighted by atomic mass is 9.88. The number of hydrogen-bond donors (Lipinski definition) is 1. The second-order valence-electron chi connectivity index (χ2n) is 5.89. The molecular formula is C15H23N5O. The van der Waals surface area contributed by atoms with Gasteiger partial charge in [0.2, 0.25) is 0 Å². The number of ether oxygens (including phenoxy) is 1. The SMILES string of the molecule is CC1CCCCC1OCCCn1cnc2c(N)ncnc21. The van der Waals surface area contributed by atoms with E-state index < -0.39 is 0 Å². The molecule has 2 aromatic heterocycles. The second kappa shape index (κ2) is 6.39. The molecule has 1 saturated carbocycles. The normalized spacial score (nSPS) is 22.7. The van der Waals surface area contributed by atoms with Gasteiger partial charge in [0.15, 0.2) is 11.5 Å². The minimum Gasteiger partial charge on any atom is -0.382 e. The highest BCUT2D eigenvalue weighted by atomic mass is 16.5. The van der Waals surface area contributed by atoms with E-state index in [1.165, 1.54) is 32.0 Å². The first-order valence-corrected chi connectivity index (χ1v) is 7.78. The third-order valence-corrected chi connectivity index (χ3v) is 4.34. The molecule has 2 atom stereocenters. The fourth-order valence-electron chi connectivity index (χ4n) is 3.06. The van der Waals surface area contributed by atoms with Crippen molar-refractivity contribution in [3.05, 3.63) is 12.7 Å². The molecular weight excluding hydrogens is 266 g/mol. The maximum Gasteiger partial charge on any atom is 0.165 e. The van der Waals surface area contributed by atoms with Gasteiger partial charge in [-0.2, -0.15) is 0 Å². The van der Waals surface area contributed by atoms with E-state index >= 15 is 0 Å². The molecule has 1 aliphatic carbocycles. The van der Waals surface area contributed by atoms with Gasteiger partial charge in [0.1, 0.15) is 11.8 Å². The van der Waals surface area contributed by atoms with Crippen molar-refractivity contribution in [2.45, 2.75) is 51.7 Å². The van der Waals surface area contributed by atoms with Crippen molar-refractivity contribution < 1.29 is 4.74 Å². The van der Waals surface area contributed by atoms with Crippen LogP contribution in [0, 0.1) is 5.92 Å². The summed E-state index contributed by atoms with van der Waals surface area (Å²) >= 11 is 0. The van der Waals surface area contributed by atoms with Gasteiger partial charge in [-0.25, -0.2) is 15.0 Å². The van der Waals surface area contributed by atoms with E-state index in [0.717, 1.165) is 25.2 Å². The second-order valence-corrected chi connectivity index (χ2v) is 5.89. The van der Waals surface area contributed by atoms with E-state index in [-0.39, 0.29) is 0 Å². The Labute approximate surface area is 124 Å². The molecule has 3 rings (SSSR count). The van der Waals surface area contributed by atoms with Gasteiger partial charge in [0.05, 0.1) is 12.4 Å². The molecule has 0 saturated heterocycles. The predicted molar refractivity (Wildman–Crippen MR) is 81.7 cm³/mol. The summed E-state index contributed by atoms with van der Waals surface area (Å²) in [6.45, 7) is 3.93. The van der Waals surface area contributed by atoms with Gasteiger partial charge in [0.25, 0.3) is 0 Å². The largest absolute Gasteiger partial charge is 0.382 e. The first-order chi connectivity index (χ1) is 10.3. The molecule has 0 aliphatic heterocycles. The monoisotopic (exact) mass is 289 g/mol. The van der Waals surface area contributed by atoms with Crippen LogP contribution in [0.1, 0.15) is 39.0 Å². The molecule has 1 fully saturated rings. The number of anilines is 1. The van der Waals surface area contributed by atoms with Crippen LogP contribution in [0.15, 0.2) is 12.7 Å². The minimum atomic E-state index is 0.436. The predicted octanol–water partition coefficient (Wildman–Crippen LogP) is 2.39. The maximum absolute atomic E-state index is 6.04. The molecule has 6 heteroatoms. The lowest BCUT2D eigenvalue weighted by Crippen LogP contribution is -2.26. The number of nitrogen functional groups attached to an aromatic ring is 1. The number of nitrogens with two attached hydrogens (primary N) is 1. The summed E-state index contributed by atoms with van der Waals surface area (Å²) in [5, 5.41) is 0. The topological polar surface area (TPSA) is 78.9 Å². The van der Waals surface area contributed by atoms with Crippen molar-refractivity contribution in [3.63, 3.8) is 0 Å². The minimum absolute atomic E-state index is 0.436. The van der Waals surface area contributed by atoms with Gasteiger partial charge in [-0.15, -0.1) is 0 Å². The van der Waals surface area contributed by atoms with Gasteiger partial charge in [-0.1, -0.05) is 19.8 Å². The quantitative estimate of drug-likeness (QED) is 0.855. The van der Waals surface area contributed by atoms with Crippen molar-refractivity contribution in [2.24, 2.45) is 5.92 Å². The zero-order valence-electron chi connectivity index (χ0n) is 12.5. The van der Waals surface area contributed by atoms with E-state index in [1.54, 1.807) is 6.33 Å². The Morgan fingerprint density at radius 1 is 1.29 bits per heavy atom. The van der Waals surface area contributed by atoms with E-state index in [0.29, 0.717) is 23.4 Å². The molecule has 0 radical (unpaired) electrons. The van der Waals surface area contributed by atoms with Gasteiger partial charge in [-0.3, -0.25) is 0 Å². The summed E-state index contributed by atoms with van der Waals surface area (Å²) in [6.07, 6.45) is 9.82. The summed E-state index contributed by atoms with van der Waals surface area (Å²) in [7, 11) is 0. The van der Waals surface area contributed by atoms with Crippen LogP contribution >= 0.6 is 0 Å². The van der Waals surface area contributed by atoms with E-state index in [4.69, 9.17) is 10.5 Å². The molecule has 21 heavy (non-hydrogen) atoms. The Balaban J connectivity index is 1.51. The highest BCUT2D eigenvalue weighted by Crippen LogP contribution is 2.26. The standard InChI is InChI=1S/C15H23N5O/c1-11-5-2-3-6-12(11)21-8-4-7-20-10-19-13-14(16)17-9-18-15(13)20/h9-12H,2-8H2,1H3,(H2,16,17,18). The number of rotatable bonds is 5. The van der Waals surface area contributed by atoms with Crippen LogP contribution in [-0.4, -0.2) is 32.2 Å². The summed E-state index contributed by atoms with van der Waals surface area (Å²) in [5.74, 6) is 1.13. The van der Waals surface area contributed by atoms with E-state index in [1.807, 2.05) is 4.57 Å². The van der Waals surface area contributed by atoms with Crippen molar-refractivity contribution >= 4 is 17.0 Å². The highest BCUT2D eigenvalue weighted by molar-refractivity contribution is 5.80. The number of aromatic nitrogens is 4. The number of imidazole rings is 1. The summed E-state index contributed by atoms with van der Waals surface area (Å²) in [6, 6.07) is 0. The smallest absolute Gasteiger partial charge is 0.165 e. The molecule has 2 aromatic rings. The van der Waals surface area contributed by atoms with Crippen LogP contribution in [0.2, 0.25) is 0 Å². The zero-order valence-corrected chi connectivity index (χ0v) is 12.5. The Hall–Kier alpha value is -1.69. The van der Waals surface area contributed by atoms with Crippen LogP contribution in [-0.2, 0) is 11.3 Å². The third kappa shape index (κ3) is 3.15. The first kappa shape index (κ1) is 14.3. The Kier molecular flexibility index (Phi) is 4.34. The molecule has 0 spiro atoms. The fraction of sp³-hybridized carbons (Fsp3) is 0.667. The van der Waals surface area contributed by atoms with Crippen LogP contribution in [0.4, 0.5) is 5.82 Å². The Morgan fingerprint density at radius 3 is 3.00 bits per heavy atom. The lowest BCUT2D eigenvalue weighted by Gasteiger charge is -2.28. The number of nitrogens with zero attached hydrogens (tertiary/aromatic N) is 4. The van der Waals surface area contributed by atoms with Crippen LogP contribution in [0.3, 0.4) is 0 Å². The number of aryl methyl sites for hydroxylation is 1. The molecule has 0 aromatic carbocycles. The Morgan fingerprint density at radius 2 is 2.14 bits per heavy atom. The first-order valence-electron chi connectivity index (χ1n) is 7.78. The molecule has 114 valence electrons. The van der Waals surface area contributed by atoms with Crippen LogP contribution in [0.5, 0.6) is 0 Å². The molecule has 2 heterocycles. The third-order valence-electron chi connectivity index (χ3n) is 4.34. The number of fused-ring (bicyclic) bond motifs is 1. The highest BCUT2D eigenvalue weighted by Gasteiger charge is 2.21. The average molecular weight is 289 g/mol. The Bertz CT molecular complexity index is 597. The van der Waals surface area contributed by atoms with Gasteiger partial charge < -0.3 is 15.0 Å². The zero-order chi connectivity index (χ0) is 14.7. The van der Waals surface area contributed by atoms with Gasteiger partial charge >= 0.3 is 0 Å². The van der Waals surface area contributed by atoms with Crippen LogP contribution < -0.4 is 5.73 Å². The lowest BCUT2D eigenvalue weighted by molar-refractivity contribution is -0.00694. The van der Waals surface area contributed by atoms with Crippen molar-refractivity contribution in [1.82, 2.24) is 19.5 Å². The molecule has 2 unspecified atom stereocenters. The number of hydrogen-bond acceptors (Lipinski definition) is 5. The molecule has 0 bridgehead atoms. The summed E-state index contributed by atoms with van der Waals surface area (Å²) < 4.78 is 8.05. The van der Waals surface area contributed by atoms with E-state index in [9.17, 15) is 0 Å². The van der Waals surface area contributed by atoms with Crippen molar-refractivity contribution in [2.75, 3.05) is 12.3 Å². The maximum atomic E-state index is 6.04.